The fraction of sp³-hybridized carbons (Fsp3) is 0.0204. The van der Waals surface area contributed by atoms with Gasteiger partial charge < -0.3 is 4.74 Å². The maximum atomic E-state index is 6.65. The zero-order valence-electron chi connectivity index (χ0n) is 29.3. The first-order valence-electron chi connectivity index (χ1n) is 17.9. The third kappa shape index (κ3) is 6.18. The number of benzene rings is 5. The van der Waals surface area contributed by atoms with Crippen LogP contribution in [0.4, 0.5) is 0 Å². The van der Waals surface area contributed by atoms with E-state index >= 15 is 0 Å². The first-order chi connectivity index (χ1) is 26.8. The molecule has 5 heteroatoms. The molecule has 54 heavy (non-hydrogen) atoms. The van der Waals surface area contributed by atoms with E-state index < -0.39 is 5.41 Å². The molecule has 2 aliphatic rings. The minimum absolute atomic E-state index is 0.573. The third-order valence-electron chi connectivity index (χ3n) is 9.94. The molecular formula is C49H34N4O. The number of rotatable bonds is 6. The van der Waals surface area contributed by atoms with Crippen LogP contribution in [0.15, 0.2) is 207 Å². The van der Waals surface area contributed by atoms with Crippen LogP contribution in [0.2, 0.25) is 0 Å². The van der Waals surface area contributed by atoms with Crippen LogP contribution in [0.5, 0.6) is 5.75 Å². The Kier molecular flexibility index (Phi) is 8.71. The Labute approximate surface area is 314 Å². The molecule has 0 amide bonds. The van der Waals surface area contributed by atoms with Crippen molar-refractivity contribution in [3.63, 3.8) is 0 Å². The first-order valence-corrected chi connectivity index (χ1v) is 17.9. The number of pyridine rings is 1. The first kappa shape index (κ1) is 32.7. The molecule has 0 N–H and O–H groups in total. The van der Waals surface area contributed by atoms with Gasteiger partial charge in [0.1, 0.15) is 12.1 Å². The van der Waals surface area contributed by atoms with Crippen molar-refractivity contribution >= 4 is 6.08 Å². The van der Waals surface area contributed by atoms with Gasteiger partial charge in [0.2, 0.25) is 0 Å². The summed E-state index contributed by atoms with van der Waals surface area (Å²) >= 11 is 0. The normalized spacial score (nSPS) is 16.2. The molecule has 0 saturated carbocycles. The van der Waals surface area contributed by atoms with Crippen LogP contribution >= 0.6 is 0 Å². The van der Waals surface area contributed by atoms with Crippen molar-refractivity contribution in [2.24, 2.45) is 0 Å². The Morgan fingerprint density at radius 1 is 0.574 bits per heavy atom. The van der Waals surface area contributed by atoms with Crippen molar-refractivity contribution in [2.75, 3.05) is 0 Å². The second-order valence-corrected chi connectivity index (χ2v) is 13.1. The summed E-state index contributed by atoms with van der Waals surface area (Å²) in [6, 6.07) is 46.3. The van der Waals surface area contributed by atoms with Crippen LogP contribution in [0.3, 0.4) is 0 Å². The van der Waals surface area contributed by atoms with Crippen LogP contribution in [0, 0.1) is 0 Å². The van der Waals surface area contributed by atoms with Gasteiger partial charge in [-0.15, -0.1) is 0 Å². The Morgan fingerprint density at radius 3 is 1.98 bits per heavy atom. The van der Waals surface area contributed by atoms with Gasteiger partial charge in [-0.3, -0.25) is 4.98 Å². The van der Waals surface area contributed by atoms with E-state index in [1.807, 2.05) is 73.0 Å². The van der Waals surface area contributed by atoms with Gasteiger partial charge in [-0.1, -0.05) is 164 Å². The molecule has 0 unspecified atom stereocenters. The topological polar surface area (TPSA) is 60.8 Å². The lowest BCUT2D eigenvalue weighted by atomic mass is 9.71. The fourth-order valence-corrected chi connectivity index (χ4v) is 7.39. The third-order valence-corrected chi connectivity index (χ3v) is 9.94. The zero-order valence-corrected chi connectivity index (χ0v) is 29.3. The molecule has 0 radical (unpaired) electrons. The summed E-state index contributed by atoms with van der Waals surface area (Å²) in [4.78, 5) is 17.8. The zero-order chi connectivity index (χ0) is 36.2. The molecule has 3 heterocycles. The average Bonchev–Trinajstić information content (AvgIpc) is 3.53. The lowest BCUT2D eigenvalue weighted by Gasteiger charge is -2.31. The van der Waals surface area contributed by atoms with Gasteiger partial charge in [0, 0.05) is 29.1 Å². The molecule has 0 saturated heterocycles. The summed E-state index contributed by atoms with van der Waals surface area (Å²) < 4.78 is 6.65. The van der Waals surface area contributed by atoms with Gasteiger partial charge in [-0.2, -0.15) is 0 Å². The molecule has 0 bridgehead atoms. The lowest BCUT2D eigenvalue weighted by molar-refractivity contribution is 0.469. The van der Waals surface area contributed by atoms with E-state index in [1.54, 1.807) is 18.8 Å². The van der Waals surface area contributed by atoms with Gasteiger partial charge >= 0.3 is 0 Å². The highest BCUT2D eigenvalue weighted by Crippen LogP contribution is 2.55. The van der Waals surface area contributed by atoms with Crippen molar-refractivity contribution in [3.8, 4) is 50.8 Å². The predicted octanol–water partition coefficient (Wildman–Crippen LogP) is 11.2. The van der Waals surface area contributed by atoms with Crippen molar-refractivity contribution in [3.05, 3.63) is 229 Å². The maximum Gasteiger partial charge on any atom is 0.163 e. The van der Waals surface area contributed by atoms with E-state index in [0.717, 1.165) is 44.7 Å². The SMILES string of the molecule is C(=C/c1cccnc1)/C=C/C1=C/C=C/C2(c3ccc(-c4ccc(-c5ncnc(-c6ccccc6)n5)cc4)cc3O\C=C\1)c1ccccc1-c1ccccc12. The smallest absolute Gasteiger partial charge is 0.163 e. The Hall–Kier alpha value is -7.24. The summed E-state index contributed by atoms with van der Waals surface area (Å²) in [5.74, 6) is 2.07. The number of hydrogen-bond acceptors (Lipinski definition) is 5. The van der Waals surface area contributed by atoms with E-state index in [1.165, 1.54) is 22.3 Å². The monoisotopic (exact) mass is 694 g/mol. The summed E-state index contributed by atoms with van der Waals surface area (Å²) in [6.07, 6.45) is 23.8. The molecule has 1 aliphatic carbocycles. The minimum atomic E-state index is -0.573. The van der Waals surface area contributed by atoms with Gasteiger partial charge in [0.25, 0.3) is 0 Å². The van der Waals surface area contributed by atoms with Crippen LogP contribution < -0.4 is 4.74 Å². The lowest BCUT2D eigenvalue weighted by Crippen LogP contribution is -2.25. The Morgan fingerprint density at radius 2 is 1.24 bits per heavy atom. The molecule has 0 fully saturated rings. The van der Waals surface area contributed by atoms with E-state index in [4.69, 9.17) is 9.72 Å². The van der Waals surface area contributed by atoms with E-state index in [-0.39, 0.29) is 0 Å². The number of aromatic nitrogens is 4. The molecule has 1 aliphatic heterocycles. The van der Waals surface area contributed by atoms with Gasteiger partial charge in [-0.25, -0.2) is 15.0 Å². The fourth-order valence-electron chi connectivity index (χ4n) is 7.39. The minimum Gasteiger partial charge on any atom is -0.465 e. The molecule has 5 aromatic carbocycles. The largest absolute Gasteiger partial charge is 0.465 e. The average molecular weight is 695 g/mol. The molecule has 256 valence electrons. The second kappa shape index (κ2) is 14.4. The molecule has 5 nitrogen and oxygen atoms in total. The van der Waals surface area contributed by atoms with Crippen LogP contribution in [-0.4, -0.2) is 19.9 Å². The molecule has 0 atom stereocenters. The summed E-state index contributed by atoms with van der Waals surface area (Å²) in [5, 5.41) is 0. The highest BCUT2D eigenvalue weighted by Gasteiger charge is 2.44. The standard InChI is InChI=1S/C49H34N4O/c1-2-16-38(17-3-1)47-51-34-52-48(53-47)39-24-22-37(23-25-39)40-26-27-45-46(32-40)54-31-28-35(12-4-5-13-36-15-11-30-50-33-36)14-10-29-49(45)43-20-8-6-18-41(43)42-19-7-9-21-44(42)49/h1-34H/b12-4+,13-5-,29-10+,31-28+,35-14-. The van der Waals surface area contributed by atoms with E-state index in [9.17, 15) is 0 Å². The van der Waals surface area contributed by atoms with Crippen LogP contribution in [0.1, 0.15) is 22.3 Å². The highest BCUT2D eigenvalue weighted by atomic mass is 16.5. The number of hydrogen-bond donors (Lipinski definition) is 0. The van der Waals surface area contributed by atoms with Crippen LogP contribution in [-0.2, 0) is 5.41 Å². The Balaban J connectivity index is 1.11. The quantitative estimate of drug-likeness (QED) is 0.162. The van der Waals surface area contributed by atoms with Crippen molar-refractivity contribution < 1.29 is 4.74 Å². The van der Waals surface area contributed by atoms with E-state index in [0.29, 0.717) is 11.6 Å². The van der Waals surface area contributed by atoms with Crippen molar-refractivity contribution in [1.82, 2.24) is 19.9 Å². The summed E-state index contributed by atoms with van der Waals surface area (Å²) in [5.41, 5.74) is 11.4. The van der Waals surface area contributed by atoms with Crippen molar-refractivity contribution in [2.45, 2.75) is 5.41 Å². The van der Waals surface area contributed by atoms with Crippen LogP contribution in [0.25, 0.3) is 51.1 Å². The Bertz CT molecular complexity index is 2570. The summed E-state index contributed by atoms with van der Waals surface area (Å²) in [6.45, 7) is 0. The number of ether oxygens (including phenoxy) is 1. The van der Waals surface area contributed by atoms with Gasteiger partial charge in [0.15, 0.2) is 11.6 Å². The molecular weight excluding hydrogens is 661 g/mol. The van der Waals surface area contributed by atoms with Crippen molar-refractivity contribution in [1.29, 1.82) is 0 Å². The molecule has 2 aromatic heterocycles. The van der Waals surface area contributed by atoms with Gasteiger partial charge in [-0.05, 0) is 62.7 Å². The van der Waals surface area contributed by atoms with Gasteiger partial charge in [0.05, 0.1) is 11.7 Å². The number of fused-ring (bicyclic) bond motifs is 7. The molecule has 1 spiro atoms. The maximum absolute atomic E-state index is 6.65. The second-order valence-electron chi connectivity index (χ2n) is 13.1. The number of nitrogens with zero attached hydrogens (tertiary/aromatic N) is 4. The number of allylic oxidation sites excluding steroid dienone is 8. The highest BCUT2D eigenvalue weighted by molar-refractivity contribution is 5.86. The predicted molar refractivity (Wildman–Crippen MR) is 217 cm³/mol. The summed E-state index contributed by atoms with van der Waals surface area (Å²) in [7, 11) is 0. The molecule has 9 rings (SSSR count). The molecule has 7 aromatic rings. The van der Waals surface area contributed by atoms with E-state index in [2.05, 4.69) is 130 Å².